The highest BCUT2D eigenvalue weighted by molar-refractivity contribution is 9.10. The molecule has 0 bridgehead atoms. The number of nitrogen functional groups attached to an aromatic ring is 1. The second kappa shape index (κ2) is 5.46. The smallest absolute Gasteiger partial charge is 0.205 e. The quantitative estimate of drug-likeness (QED) is 0.784. The van der Waals surface area contributed by atoms with Crippen molar-refractivity contribution in [2.75, 3.05) is 12.8 Å². The van der Waals surface area contributed by atoms with Crippen molar-refractivity contribution in [3.63, 3.8) is 0 Å². The Kier molecular flexibility index (Phi) is 3.65. The van der Waals surface area contributed by atoms with Gasteiger partial charge in [-0.25, -0.2) is 9.37 Å². The molecule has 0 saturated carbocycles. The van der Waals surface area contributed by atoms with Gasteiger partial charge in [-0.2, -0.15) is 0 Å². The first kappa shape index (κ1) is 14.0. The molecular weight excluding hydrogens is 337 g/mol. The van der Waals surface area contributed by atoms with Gasteiger partial charge in [-0.05, 0) is 28.1 Å². The monoisotopic (exact) mass is 349 g/mol. The summed E-state index contributed by atoms with van der Waals surface area (Å²) in [6.07, 6.45) is 0. The van der Waals surface area contributed by atoms with Gasteiger partial charge in [-0.15, -0.1) is 0 Å². The van der Waals surface area contributed by atoms with E-state index in [0.29, 0.717) is 22.5 Å². The predicted octanol–water partition coefficient (Wildman–Crippen LogP) is 3.66. The maximum Gasteiger partial charge on any atom is 0.205 e. The zero-order chi connectivity index (χ0) is 15.0. The minimum atomic E-state index is -0.364. The maximum atomic E-state index is 13.6. The number of fused-ring (bicyclic) bond motifs is 1. The predicted molar refractivity (Wildman–Crippen MR) is 83.9 cm³/mol. The van der Waals surface area contributed by atoms with Crippen molar-refractivity contribution in [3.05, 3.63) is 52.3 Å². The zero-order valence-electron chi connectivity index (χ0n) is 11.3. The highest BCUT2D eigenvalue weighted by Gasteiger charge is 2.15. The number of nitrogens with two attached hydrogens (primary N) is 1. The Balaban J connectivity index is 2.30. The number of hydrogen-bond acceptors (Lipinski definition) is 3. The molecule has 6 heteroatoms. The standard InChI is InChI=1S/C15H13BrFN3O/c1-21-8-9-4-2-3-5-13(9)20-14-6-10(16)11(17)7-12(14)19-15(20)18/h2-7H,8H2,1H3,(H2,18,19). The Morgan fingerprint density at radius 3 is 2.86 bits per heavy atom. The number of nitrogens with zero attached hydrogens (tertiary/aromatic N) is 2. The van der Waals surface area contributed by atoms with E-state index in [9.17, 15) is 4.39 Å². The van der Waals surface area contributed by atoms with Crippen molar-refractivity contribution in [2.24, 2.45) is 0 Å². The summed E-state index contributed by atoms with van der Waals surface area (Å²) in [5.41, 5.74) is 9.13. The Bertz CT molecular complexity index is 816. The van der Waals surface area contributed by atoms with Crippen molar-refractivity contribution in [1.82, 2.24) is 9.55 Å². The minimum Gasteiger partial charge on any atom is -0.380 e. The van der Waals surface area contributed by atoms with Crippen LogP contribution in [0.1, 0.15) is 5.56 Å². The van der Waals surface area contributed by atoms with Crippen LogP contribution in [0.4, 0.5) is 10.3 Å². The Hall–Kier alpha value is -1.92. The molecule has 108 valence electrons. The van der Waals surface area contributed by atoms with E-state index in [4.69, 9.17) is 10.5 Å². The fraction of sp³-hybridized carbons (Fsp3) is 0.133. The van der Waals surface area contributed by atoms with Gasteiger partial charge in [-0.1, -0.05) is 18.2 Å². The molecule has 0 aliphatic heterocycles. The van der Waals surface area contributed by atoms with Gasteiger partial charge >= 0.3 is 0 Å². The lowest BCUT2D eigenvalue weighted by atomic mass is 10.2. The Labute approximate surface area is 129 Å². The molecule has 2 aromatic carbocycles. The maximum absolute atomic E-state index is 13.6. The summed E-state index contributed by atoms with van der Waals surface area (Å²) in [5, 5.41) is 0. The number of ether oxygens (including phenoxy) is 1. The zero-order valence-corrected chi connectivity index (χ0v) is 12.9. The number of rotatable bonds is 3. The van der Waals surface area contributed by atoms with Crippen molar-refractivity contribution in [2.45, 2.75) is 6.61 Å². The van der Waals surface area contributed by atoms with Crippen LogP contribution in [-0.4, -0.2) is 16.7 Å². The number of halogens is 2. The fourth-order valence-electron chi connectivity index (χ4n) is 2.35. The molecule has 0 saturated heterocycles. The lowest BCUT2D eigenvalue weighted by Gasteiger charge is -2.12. The van der Waals surface area contributed by atoms with E-state index in [2.05, 4.69) is 20.9 Å². The summed E-state index contributed by atoms with van der Waals surface area (Å²) in [6, 6.07) is 10.8. The van der Waals surface area contributed by atoms with Crippen LogP contribution >= 0.6 is 15.9 Å². The number of anilines is 1. The summed E-state index contributed by atoms with van der Waals surface area (Å²) in [6.45, 7) is 0.456. The topological polar surface area (TPSA) is 53.1 Å². The van der Waals surface area contributed by atoms with E-state index < -0.39 is 0 Å². The molecular formula is C15H13BrFN3O. The molecule has 2 N–H and O–H groups in total. The molecule has 1 aromatic heterocycles. The SMILES string of the molecule is COCc1ccccc1-n1c(N)nc2cc(F)c(Br)cc21. The molecule has 1 heterocycles. The lowest BCUT2D eigenvalue weighted by molar-refractivity contribution is 0.185. The summed E-state index contributed by atoms with van der Waals surface area (Å²) in [5.74, 6) is -0.0524. The highest BCUT2D eigenvalue weighted by Crippen LogP contribution is 2.29. The van der Waals surface area contributed by atoms with Crippen LogP contribution in [0.15, 0.2) is 40.9 Å². The van der Waals surface area contributed by atoms with E-state index in [1.807, 2.05) is 24.3 Å². The first-order chi connectivity index (χ1) is 10.1. The number of aromatic nitrogens is 2. The second-order valence-electron chi connectivity index (χ2n) is 4.62. The van der Waals surface area contributed by atoms with Crippen molar-refractivity contribution >= 4 is 32.9 Å². The number of para-hydroxylation sites is 1. The molecule has 3 rings (SSSR count). The summed E-state index contributed by atoms with van der Waals surface area (Å²) in [7, 11) is 1.64. The van der Waals surface area contributed by atoms with E-state index >= 15 is 0 Å². The number of methoxy groups -OCH3 is 1. The Morgan fingerprint density at radius 2 is 2.10 bits per heavy atom. The fourth-order valence-corrected chi connectivity index (χ4v) is 2.68. The van der Waals surface area contributed by atoms with E-state index in [-0.39, 0.29) is 5.82 Å². The Morgan fingerprint density at radius 1 is 1.33 bits per heavy atom. The first-order valence-corrected chi connectivity index (χ1v) is 7.11. The first-order valence-electron chi connectivity index (χ1n) is 6.32. The molecule has 0 fully saturated rings. The van der Waals surface area contributed by atoms with Crippen LogP contribution in [0.5, 0.6) is 0 Å². The lowest BCUT2D eigenvalue weighted by Crippen LogP contribution is -2.04. The van der Waals surface area contributed by atoms with E-state index in [1.165, 1.54) is 6.07 Å². The molecule has 0 radical (unpaired) electrons. The van der Waals surface area contributed by atoms with Gasteiger partial charge in [0.25, 0.3) is 0 Å². The van der Waals surface area contributed by atoms with Gasteiger partial charge in [0.15, 0.2) is 0 Å². The molecule has 0 spiro atoms. The van der Waals surface area contributed by atoms with E-state index in [1.54, 1.807) is 17.7 Å². The van der Waals surface area contributed by atoms with Crippen molar-refractivity contribution < 1.29 is 9.13 Å². The minimum absolute atomic E-state index is 0.311. The third-order valence-corrected chi connectivity index (χ3v) is 3.86. The third-order valence-electron chi connectivity index (χ3n) is 3.25. The summed E-state index contributed by atoms with van der Waals surface area (Å²) in [4.78, 5) is 4.23. The molecule has 0 atom stereocenters. The average molecular weight is 350 g/mol. The summed E-state index contributed by atoms with van der Waals surface area (Å²) < 4.78 is 21.0. The third kappa shape index (κ3) is 2.41. The molecule has 0 aliphatic carbocycles. The molecule has 0 aliphatic rings. The number of benzene rings is 2. The average Bonchev–Trinajstić information content (AvgIpc) is 2.76. The second-order valence-corrected chi connectivity index (χ2v) is 5.48. The van der Waals surface area contributed by atoms with Gasteiger partial charge in [0.05, 0.1) is 27.8 Å². The van der Waals surface area contributed by atoms with Gasteiger partial charge in [0.1, 0.15) is 5.82 Å². The van der Waals surface area contributed by atoms with Crippen LogP contribution in [0.25, 0.3) is 16.7 Å². The molecule has 0 unspecified atom stereocenters. The largest absolute Gasteiger partial charge is 0.380 e. The van der Waals surface area contributed by atoms with E-state index in [0.717, 1.165) is 16.8 Å². The van der Waals surface area contributed by atoms with Gasteiger partial charge in [0.2, 0.25) is 5.95 Å². The van der Waals surface area contributed by atoms with Gasteiger partial charge in [0, 0.05) is 18.7 Å². The van der Waals surface area contributed by atoms with Crippen molar-refractivity contribution in [1.29, 1.82) is 0 Å². The van der Waals surface area contributed by atoms with Gasteiger partial charge in [-0.3, -0.25) is 4.57 Å². The van der Waals surface area contributed by atoms with Crippen LogP contribution in [0.2, 0.25) is 0 Å². The number of hydrogen-bond donors (Lipinski definition) is 1. The van der Waals surface area contributed by atoms with Crippen LogP contribution in [0.3, 0.4) is 0 Å². The summed E-state index contributed by atoms with van der Waals surface area (Å²) >= 11 is 3.20. The molecule has 3 aromatic rings. The normalized spacial score (nSPS) is 11.2. The molecule has 4 nitrogen and oxygen atoms in total. The molecule has 0 amide bonds. The van der Waals surface area contributed by atoms with Crippen molar-refractivity contribution in [3.8, 4) is 5.69 Å². The van der Waals surface area contributed by atoms with Gasteiger partial charge < -0.3 is 10.5 Å². The van der Waals surface area contributed by atoms with Crippen LogP contribution in [-0.2, 0) is 11.3 Å². The number of imidazole rings is 1. The van der Waals surface area contributed by atoms with Crippen LogP contribution in [0, 0.1) is 5.82 Å². The van der Waals surface area contributed by atoms with Crippen LogP contribution < -0.4 is 5.73 Å². The highest BCUT2D eigenvalue weighted by atomic mass is 79.9. The molecule has 21 heavy (non-hydrogen) atoms.